The lowest BCUT2D eigenvalue weighted by Crippen LogP contribution is -2.38. The molecule has 3 heteroatoms. The second-order valence-corrected chi connectivity index (χ2v) is 6.21. The molecule has 2 aliphatic rings. The van der Waals surface area contributed by atoms with Crippen molar-refractivity contribution in [3.8, 4) is 11.8 Å². The van der Waals surface area contributed by atoms with Crippen molar-refractivity contribution in [2.24, 2.45) is 17.6 Å². The van der Waals surface area contributed by atoms with Gasteiger partial charge in [0.15, 0.2) is 0 Å². The second kappa shape index (κ2) is 5.91. The van der Waals surface area contributed by atoms with Gasteiger partial charge in [0, 0.05) is 17.2 Å². The highest BCUT2D eigenvalue weighted by atomic mass is 16.1. The molecule has 21 heavy (non-hydrogen) atoms. The third-order valence-corrected chi connectivity index (χ3v) is 4.37. The number of nitrogens with one attached hydrogen (secondary N) is 1. The zero-order valence-electron chi connectivity index (χ0n) is 12.5. The predicted octanol–water partition coefficient (Wildman–Crippen LogP) is 2.22. The van der Waals surface area contributed by atoms with Crippen molar-refractivity contribution in [3.63, 3.8) is 0 Å². The van der Waals surface area contributed by atoms with E-state index in [0.717, 1.165) is 28.5 Å². The Kier molecular flexibility index (Phi) is 3.98. The molecule has 0 aliphatic heterocycles. The fourth-order valence-electron chi connectivity index (χ4n) is 2.86. The minimum Gasteiger partial charge on any atom is -0.349 e. The van der Waals surface area contributed by atoms with Crippen LogP contribution in [-0.4, -0.2) is 18.5 Å². The summed E-state index contributed by atoms with van der Waals surface area (Å²) in [6.07, 6.45) is 5.09. The average molecular weight is 282 g/mol. The van der Waals surface area contributed by atoms with Gasteiger partial charge in [0.1, 0.15) is 0 Å². The van der Waals surface area contributed by atoms with Gasteiger partial charge in [0.25, 0.3) is 5.91 Å². The molecule has 1 amide bonds. The monoisotopic (exact) mass is 282 g/mol. The predicted molar refractivity (Wildman–Crippen MR) is 83.8 cm³/mol. The van der Waals surface area contributed by atoms with Crippen LogP contribution in [0.3, 0.4) is 0 Å². The molecule has 0 atom stereocenters. The van der Waals surface area contributed by atoms with E-state index < -0.39 is 0 Å². The number of hydrogen-bond acceptors (Lipinski definition) is 2. The molecule has 3 nitrogen and oxygen atoms in total. The molecular weight excluding hydrogens is 260 g/mol. The summed E-state index contributed by atoms with van der Waals surface area (Å²) in [4.78, 5) is 12.4. The van der Waals surface area contributed by atoms with Gasteiger partial charge in [-0.1, -0.05) is 11.8 Å². The number of aryl methyl sites for hydroxylation is 1. The Morgan fingerprint density at radius 2 is 2.00 bits per heavy atom. The van der Waals surface area contributed by atoms with E-state index >= 15 is 0 Å². The normalized spacial score (nSPS) is 17.3. The maximum Gasteiger partial charge on any atom is 0.251 e. The van der Waals surface area contributed by atoms with Gasteiger partial charge >= 0.3 is 0 Å². The van der Waals surface area contributed by atoms with E-state index in [0.29, 0.717) is 12.6 Å². The first-order valence-electron chi connectivity index (χ1n) is 7.79. The molecule has 2 saturated carbocycles. The summed E-state index contributed by atoms with van der Waals surface area (Å²) in [6.45, 7) is 2.34. The number of carbonyl (C=O) groups excluding carboxylic acids is 1. The first-order chi connectivity index (χ1) is 10.2. The van der Waals surface area contributed by atoms with Gasteiger partial charge in [-0.3, -0.25) is 4.79 Å². The lowest BCUT2D eigenvalue weighted by molar-refractivity contribution is 0.0926. The minimum atomic E-state index is 0.0558. The fourth-order valence-corrected chi connectivity index (χ4v) is 2.86. The molecule has 0 saturated heterocycles. The molecule has 0 heterocycles. The number of benzene rings is 1. The largest absolute Gasteiger partial charge is 0.349 e. The van der Waals surface area contributed by atoms with Crippen molar-refractivity contribution in [2.45, 2.75) is 38.6 Å². The molecule has 3 rings (SSSR count). The Balaban J connectivity index is 1.70. The van der Waals surface area contributed by atoms with E-state index in [1.165, 1.54) is 25.7 Å². The summed E-state index contributed by atoms with van der Waals surface area (Å²) in [7, 11) is 0. The quantitative estimate of drug-likeness (QED) is 0.832. The topological polar surface area (TPSA) is 55.1 Å². The van der Waals surface area contributed by atoms with Crippen LogP contribution in [0, 0.1) is 30.6 Å². The Morgan fingerprint density at radius 3 is 2.52 bits per heavy atom. The van der Waals surface area contributed by atoms with E-state index in [1.54, 1.807) is 0 Å². The van der Waals surface area contributed by atoms with Crippen LogP contribution in [0.1, 0.15) is 47.2 Å². The van der Waals surface area contributed by atoms with E-state index in [1.807, 2.05) is 25.1 Å². The summed E-state index contributed by atoms with van der Waals surface area (Å²) in [5.74, 6) is 7.37. The van der Waals surface area contributed by atoms with Crippen molar-refractivity contribution < 1.29 is 4.79 Å². The molecule has 3 N–H and O–H groups in total. The van der Waals surface area contributed by atoms with Crippen LogP contribution in [0.2, 0.25) is 0 Å². The molecule has 0 radical (unpaired) electrons. The van der Waals surface area contributed by atoms with Gasteiger partial charge in [-0.15, -0.1) is 0 Å². The lowest BCUT2D eigenvalue weighted by atomic mass is 10.0. The van der Waals surface area contributed by atoms with Gasteiger partial charge in [0.05, 0.1) is 6.54 Å². The maximum atomic E-state index is 12.4. The summed E-state index contributed by atoms with van der Waals surface area (Å²) in [5, 5.41) is 3.25. The maximum absolute atomic E-state index is 12.4. The number of carbonyl (C=O) groups is 1. The summed E-state index contributed by atoms with van der Waals surface area (Å²) < 4.78 is 0. The highest BCUT2D eigenvalue weighted by Crippen LogP contribution is 2.44. The van der Waals surface area contributed by atoms with Crippen molar-refractivity contribution in [2.75, 3.05) is 6.54 Å². The first-order valence-corrected chi connectivity index (χ1v) is 7.79. The molecular formula is C18H22N2O. The van der Waals surface area contributed by atoms with E-state index in [2.05, 4.69) is 17.2 Å². The number of rotatable bonds is 4. The van der Waals surface area contributed by atoms with Crippen LogP contribution in [-0.2, 0) is 0 Å². The van der Waals surface area contributed by atoms with Gasteiger partial charge in [-0.2, -0.15) is 0 Å². The van der Waals surface area contributed by atoms with Crippen molar-refractivity contribution in [1.82, 2.24) is 5.32 Å². The zero-order valence-corrected chi connectivity index (χ0v) is 12.5. The molecule has 0 bridgehead atoms. The van der Waals surface area contributed by atoms with Crippen LogP contribution in [0.15, 0.2) is 18.2 Å². The molecule has 0 unspecified atom stereocenters. The average Bonchev–Trinajstić information content (AvgIpc) is 3.36. The number of amides is 1. The van der Waals surface area contributed by atoms with Crippen molar-refractivity contribution >= 4 is 5.91 Å². The molecule has 1 aromatic rings. The van der Waals surface area contributed by atoms with Crippen LogP contribution in [0.5, 0.6) is 0 Å². The SMILES string of the molecule is Cc1cc(C(=O)NC(C2CC2)C2CC2)ccc1C#CCN. The molecule has 2 fully saturated rings. The Morgan fingerprint density at radius 1 is 1.33 bits per heavy atom. The highest BCUT2D eigenvalue weighted by molar-refractivity contribution is 5.94. The van der Waals surface area contributed by atoms with Crippen molar-refractivity contribution in [3.05, 3.63) is 34.9 Å². The smallest absolute Gasteiger partial charge is 0.251 e. The van der Waals surface area contributed by atoms with E-state index in [9.17, 15) is 4.79 Å². The van der Waals surface area contributed by atoms with Crippen LogP contribution in [0.25, 0.3) is 0 Å². The van der Waals surface area contributed by atoms with Crippen LogP contribution >= 0.6 is 0 Å². The van der Waals surface area contributed by atoms with Crippen LogP contribution < -0.4 is 11.1 Å². The number of hydrogen-bond donors (Lipinski definition) is 2. The van der Waals surface area contributed by atoms with Crippen LogP contribution in [0.4, 0.5) is 0 Å². The Hall–Kier alpha value is -1.79. The molecule has 2 aliphatic carbocycles. The molecule has 1 aromatic carbocycles. The third-order valence-electron chi connectivity index (χ3n) is 4.37. The number of nitrogens with two attached hydrogens (primary N) is 1. The fraction of sp³-hybridized carbons (Fsp3) is 0.500. The van der Waals surface area contributed by atoms with Gasteiger partial charge in [-0.25, -0.2) is 0 Å². The van der Waals surface area contributed by atoms with Gasteiger partial charge < -0.3 is 11.1 Å². The van der Waals surface area contributed by atoms with E-state index in [-0.39, 0.29) is 5.91 Å². The summed E-state index contributed by atoms with van der Waals surface area (Å²) >= 11 is 0. The first kappa shape index (κ1) is 14.2. The zero-order chi connectivity index (χ0) is 14.8. The summed E-state index contributed by atoms with van der Waals surface area (Å²) in [6, 6.07) is 6.09. The molecule has 0 spiro atoms. The van der Waals surface area contributed by atoms with Gasteiger partial charge in [-0.05, 0) is 68.2 Å². The summed E-state index contributed by atoms with van der Waals surface area (Å²) in [5.41, 5.74) is 8.09. The third kappa shape index (κ3) is 3.46. The van der Waals surface area contributed by atoms with E-state index in [4.69, 9.17) is 5.73 Å². The second-order valence-electron chi connectivity index (χ2n) is 6.21. The van der Waals surface area contributed by atoms with Gasteiger partial charge in [0.2, 0.25) is 0 Å². The molecule has 110 valence electrons. The Labute approximate surface area is 126 Å². The highest BCUT2D eigenvalue weighted by Gasteiger charge is 2.42. The lowest BCUT2D eigenvalue weighted by Gasteiger charge is -2.18. The van der Waals surface area contributed by atoms with Crippen molar-refractivity contribution in [1.29, 1.82) is 0 Å². The molecule has 0 aromatic heterocycles. The minimum absolute atomic E-state index is 0.0558. The Bertz CT molecular complexity index is 591. The standard InChI is InChI=1S/C18H22N2O/c1-12-11-16(9-4-13(12)3-2-10-19)18(21)20-17(14-5-6-14)15-7-8-15/h4,9,11,14-15,17H,5-8,10,19H2,1H3,(H,20,21).